The lowest BCUT2D eigenvalue weighted by Gasteiger charge is -2.32. The molecule has 0 radical (unpaired) electrons. The van der Waals surface area contributed by atoms with Gasteiger partial charge in [0.25, 0.3) is 23.6 Å². The van der Waals surface area contributed by atoms with Crippen LogP contribution in [-0.2, 0) is 42.6 Å². The number of nitrogens with one attached hydrogen (secondary N) is 3. The first-order valence-corrected chi connectivity index (χ1v) is 18.3. The predicted octanol–water partition coefficient (Wildman–Crippen LogP) is 1.60. The summed E-state index contributed by atoms with van der Waals surface area (Å²) in [6.07, 6.45) is -0.798. The number of carbonyl (C=O) groups excluding carboxylic acids is 6. The van der Waals surface area contributed by atoms with Gasteiger partial charge in [-0.3, -0.25) is 24.0 Å². The molecule has 0 unspecified atom stereocenters. The summed E-state index contributed by atoms with van der Waals surface area (Å²) in [5.74, 6) is -6.09. The van der Waals surface area contributed by atoms with Crippen LogP contribution in [-0.4, -0.2) is 96.3 Å². The number of hydrogen-bond acceptors (Lipinski definition) is 11. The number of carbonyl (C=O) groups is 6. The third-order valence-corrected chi connectivity index (χ3v) is 10.7. The van der Waals surface area contributed by atoms with E-state index in [4.69, 9.17) is 23.5 Å². The minimum Gasteiger partial charge on any atom is -0.399 e. The van der Waals surface area contributed by atoms with Gasteiger partial charge >= 0.3 is 20.2 Å². The topological polar surface area (TPSA) is 188 Å². The fourth-order valence-corrected chi connectivity index (χ4v) is 5.82. The van der Waals surface area contributed by atoms with Gasteiger partial charge in [0.1, 0.15) is 17.7 Å². The Labute approximate surface area is 324 Å². The lowest BCUT2D eigenvalue weighted by molar-refractivity contribution is -0.197. The zero-order valence-electron chi connectivity index (χ0n) is 32.6. The summed E-state index contributed by atoms with van der Waals surface area (Å²) in [4.78, 5) is 80.3. The second-order valence-electron chi connectivity index (χ2n) is 15.8. The molecule has 5 rings (SSSR count). The fraction of sp³-hybridized carbons (Fsp3) is 0.514. The highest BCUT2D eigenvalue weighted by atomic mass is 19.1. The van der Waals surface area contributed by atoms with E-state index in [1.807, 2.05) is 55.4 Å². The SMILES string of the molecule is CC1(C)OB(c2ccc(C(=O)NCC[C@@H](NC(=O)c3ccc(B4OC(C)(C)C(C)(C)O4)c(F)c3)C(=O)NCCC(=O)ON3C(=O)CCC3=O)cc2F)OC1(C)C. The summed E-state index contributed by atoms with van der Waals surface area (Å²) in [5.41, 5.74) is -2.86. The molecule has 0 aromatic heterocycles. The molecule has 3 aliphatic heterocycles. The monoisotopic (exact) mass is 782 g/mol. The molecule has 56 heavy (non-hydrogen) atoms. The van der Waals surface area contributed by atoms with Crippen molar-refractivity contribution in [2.24, 2.45) is 0 Å². The average Bonchev–Trinajstić information content (AvgIpc) is 3.62. The quantitative estimate of drug-likeness (QED) is 0.198. The Morgan fingerprint density at radius 1 is 0.714 bits per heavy atom. The van der Waals surface area contributed by atoms with E-state index in [-0.39, 0.29) is 54.4 Å². The van der Waals surface area contributed by atoms with Crippen molar-refractivity contribution >= 4 is 60.7 Å². The number of benzene rings is 2. The maximum absolute atomic E-state index is 15.4. The van der Waals surface area contributed by atoms with Crippen LogP contribution in [0.25, 0.3) is 0 Å². The van der Waals surface area contributed by atoms with Gasteiger partial charge in [-0.1, -0.05) is 12.1 Å². The molecule has 3 saturated heterocycles. The van der Waals surface area contributed by atoms with E-state index in [1.54, 1.807) is 0 Å². The molecule has 0 bridgehead atoms. The average molecular weight is 782 g/mol. The Morgan fingerprint density at radius 3 is 1.61 bits per heavy atom. The lowest BCUT2D eigenvalue weighted by atomic mass is 9.78. The van der Waals surface area contributed by atoms with Crippen LogP contribution < -0.4 is 26.9 Å². The molecule has 19 heteroatoms. The molecule has 2 aromatic carbocycles. The Morgan fingerprint density at radius 2 is 1.16 bits per heavy atom. The second kappa shape index (κ2) is 16.0. The van der Waals surface area contributed by atoms with E-state index in [1.165, 1.54) is 24.3 Å². The van der Waals surface area contributed by atoms with Gasteiger partial charge in [0, 0.05) is 48.0 Å². The first-order valence-electron chi connectivity index (χ1n) is 18.3. The summed E-state index contributed by atoms with van der Waals surface area (Å²) < 4.78 is 54.3. The van der Waals surface area contributed by atoms with Crippen molar-refractivity contribution in [2.75, 3.05) is 13.1 Å². The molecule has 5 amide bonds. The van der Waals surface area contributed by atoms with Gasteiger partial charge in [-0.05, 0) is 86.1 Å². The van der Waals surface area contributed by atoms with Crippen molar-refractivity contribution < 1.29 is 61.0 Å². The van der Waals surface area contributed by atoms with Gasteiger partial charge in [-0.2, -0.15) is 0 Å². The number of nitrogens with zero attached hydrogens (tertiary/aromatic N) is 1. The summed E-state index contributed by atoms with van der Waals surface area (Å²) in [6.45, 7) is 14.1. The maximum Gasteiger partial charge on any atom is 0.497 e. The number of imide groups is 1. The largest absolute Gasteiger partial charge is 0.497 e. The van der Waals surface area contributed by atoms with Crippen LogP contribution in [0.15, 0.2) is 36.4 Å². The Hall–Kier alpha value is -4.71. The van der Waals surface area contributed by atoms with Crippen LogP contribution in [0.4, 0.5) is 8.78 Å². The zero-order valence-corrected chi connectivity index (χ0v) is 32.6. The van der Waals surface area contributed by atoms with Gasteiger partial charge in [-0.25, -0.2) is 13.6 Å². The van der Waals surface area contributed by atoms with Crippen LogP contribution in [0.3, 0.4) is 0 Å². The Balaban J connectivity index is 1.23. The van der Waals surface area contributed by atoms with Crippen molar-refractivity contribution in [2.45, 2.75) is 110 Å². The normalized spacial score (nSPS) is 19.9. The van der Waals surface area contributed by atoms with Crippen molar-refractivity contribution in [3.8, 4) is 0 Å². The highest BCUT2D eigenvalue weighted by Gasteiger charge is 2.53. The van der Waals surface area contributed by atoms with Crippen LogP contribution in [0, 0.1) is 11.6 Å². The number of hydroxylamine groups is 2. The summed E-state index contributed by atoms with van der Waals surface area (Å²) in [7, 11) is -2.01. The highest BCUT2D eigenvalue weighted by Crippen LogP contribution is 2.37. The Kier molecular flexibility index (Phi) is 12.2. The van der Waals surface area contributed by atoms with Crippen molar-refractivity contribution in [3.05, 3.63) is 59.2 Å². The van der Waals surface area contributed by atoms with E-state index in [9.17, 15) is 28.8 Å². The molecule has 0 saturated carbocycles. The van der Waals surface area contributed by atoms with Crippen molar-refractivity contribution in [3.63, 3.8) is 0 Å². The van der Waals surface area contributed by atoms with Crippen molar-refractivity contribution in [1.82, 2.24) is 21.0 Å². The third-order valence-electron chi connectivity index (χ3n) is 10.7. The summed E-state index contributed by atoms with van der Waals surface area (Å²) in [5, 5.41) is 7.97. The van der Waals surface area contributed by atoms with E-state index in [2.05, 4.69) is 16.0 Å². The summed E-state index contributed by atoms with van der Waals surface area (Å²) in [6, 6.07) is 6.16. The predicted molar refractivity (Wildman–Crippen MR) is 197 cm³/mol. The molecular formula is C37H46B2F2N4O11. The molecular weight excluding hydrogens is 736 g/mol. The molecule has 3 N–H and O–H groups in total. The maximum atomic E-state index is 15.4. The minimum absolute atomic E-state index is 0.0288. The Bertz CT molecular complexity index is 1880. The number of amides is 5. The van der Waals surface area contributed by atoms with Gasteiger partial charge in [0.15, 0.2) is 0 Å². The fourth-order valence-electron chi connectivity index (χ4n) is 5.82. The third kappa shape index (κ3) is 9.12. The van der Waals surface area contributed by atoms with Gasteiger partial charge in [0.05, 0.1) is 28.8 Å². The van der Waals surface area contributed by atoms with E-state index in [0.29, 0.717) is 5.06 Å². The smallest absolute Gasteiger partial charge is 0.399 e. The molecule has 3 fully saturated rings. The molecule has 3 aliphatic rings. The second-order valence-corrected chi connectivity index (χ2v) is 15.8. The van der Waals surface area contributed by atoms with E-state index < -0.39 is 96.2 Å². The molecule has 300 valence electrons. The van der Waals surface area contributed by atoms with Gasteiger partial charge < -0.3 is 39.4 Å². The van der Waals surface area contributed by atoms with Crippen LogP contribution in [0.5, 0.6) is 0 Å². The first kappa shape index (κ1) is 42.4. The molecule has 2 aromatic rings. The van der Waals surface area contributed by atoms with Crippen LogP contribution in [0.2, 0.25) is 0 Å². The van der Waals surface area contributed by atoms with E-state index >= 15 is 8.78 Å². The van der Waals surface area contributed by atoms with E-state index in [0.717, 1.165) is 12.1 Å². The number of halogens is 2. The van der Waals surface area contributed by atoms with Crippen molar-refractivity contribution in [1.29, 1.82) is 0 Å². The highest BCUT2D eigenvalue weighted by molar-refractivity contribution is 6.62. The molecule has 3 heterocycles. The molecule has 0 spiro atoms. The molecule has 15 nitrogen and oxygen atoms in total. The standard InChI is InChI=1S/C37H46B2F2N4O11/c1-34(2)35(3,4)54-38(53-34)23-11-9-21(19-25(23)40)31(49)42-17-15-27(33(51)43-18-16-30(48)52-45-28(46)13-14-29(45)47)44-32(50)22-10-12-24(26(41)20-22)39-55-36(5,6)37(7,8)56-39/h9-12,19-20,27H,13-18H2,1-8H3,(H,42,49)(H,43,51)(H,44,50)/t27-/m1/s1. The number of rotatable bonds is 13. The minimum atomic E-state index is -1.33. The first-order chi connectivity index (χ1) is 26.0. The summed E-state index contributed by atoms with van der Waals surface area (Å²) >= 11 is 0. The zero-order chi connectivity index (χ0) is 41.4. The molecule has 0 aliphatic carbocycles. The van der Waals surface area contributed by atoms with Gasteiger partial charge in [0.2, 0.25) is 5.91 Å². The molecule has 1 atom stereocenters. The van der Waals surface area contributed by atoms with Gasteiger partial charge in [-0.15, -0.1) is 5.06 Å². The van der Waals surface area contributed by atoms with Crippen LogP contribution >= 0.6 is 0 Å². The lowest BCUT2D eigenvalue weighted by Crippen LogP contribution is -2.49. The number of hydrogen-bond donors (Lipinski definition) is 3. The van der Waals surface area contributed by atoms with Crippen LogP contribution in [0.1, 0.15) is 102 Å².